The molecule has 1 saturated heterocycles. The van der Waals surface area contributed by atoms with Crippen LogP contribution in [0, 0.1) is 0 Å². The predicted octanol–water partition coefficient (Wildman–Crippen LogP) is 2.83. The first-order valence-corrected chi connectivity index (χ1v) is 8.48. The summed E-state index contributed by atoms with van der Waals surface area (Å²) in [6.45, 7) is 2.69. The number of thiophene rings is 1. The quantitative estimate of drug-likeness (QED) is 0.871. The summed E-state index contributed by atoms with van der Waals surface area (Å²) in [6, 6.07) is 5.83. The number of hydrogen-bond acceptors (Lipinski definition) is 5. The Morgan fingerprint density at radius 2 is 2.47 bits per heavy atom. The molecule has 0 amide bonds. The molecular weight excluding hydrogens is 282 g/mol. The highest BCUT2D eigenvalue weighted by Gasteiger charge is 2.30. The number of nitrogens with zero attached hydrogens (tertiary/aromatic N) is 1. The van der Waals surface area contributed by atoms with E-state index in [-0.39, 0.29) is 11.4 Å². The van der Waals surface area contributed by atoms with E-state index in [0.29, 0.717) is 12.4 Å². The lowest BCUT2D eigenvalue weighted by Gasteiger charge is -2.12. The third kappa shape index (κ3) is 2.80. The fourth-order valence-electron chi connectivity index (χ4n) is 2.22. The average molecular weight is 297 g/mol. The smallest absolute Gasteiger partial charge is 0.177 e. The van der Waals surface area contributed by atoms with Gasteiger partial charge in [-0.25, -0.2) is 0 Å². The lowest BCUT2D eigenvalue weighted by molar-refractivity contribution is 0.127. The fraction of sp³-hybridized carbons (Fsp3) is 0.462. The number of rotatable bonds is 4. The minimum Gasteiger partial charge on any atom is -0.377 e. The van der Waals surface area contributed by atoms with E-state index in [9.17, 15) is 4.21 Å². The summed E-state index contributed by atoms with van der Waals surface area (Å²) in [4.78, 5) is 1.04. The second-order valence-corrected chi connectivity index (χ2v) is 7.19. The van der Waals surface area contributed by atoms with Gasteiger partial charge in [-0.1, -0.05) is 11.2 Å². The molecule has 0 unspecified atom stereocenters. The monoisotopic (exact) mass is 297 g/mol. The SMILES string of the molecule is C[C@H]1OCC[C@H]1[S@](=O)Cc1cc(-c2cccs2)on1. The van der Waals surface area contributed by atoms with Crippen LogP contribution in [0.1, 0.15) is 19.0 Å². The molecule has 0 aliphatic carbocycles. The van der Waals surface area contributed by atoms with Crippen LogP contribution in [0.4, 0.5) is 0 Å². The number of aromatic nitrogens is 1. The van der Waals surface area contributed by atoms with Crippen LogP contribution in [0.5, 0.6) is 0 Å². The minimum atomic E-state index is -0.954. The second-order valence-electron chi connectivity index (χ2n) is 4.59. The van der Waals surface area contributed by atoms with Crippen LogP contribution < -0.4 is 0 Å². The Labute approximate surface area is 118 Å². The van der Waals surface area contributed by atoms with Crippen molar-refractivity contribution < 1.29 is 13.5 Å². The summed E-state index contributed by atoms with van der Waals surface area (Å²) in [7, 11) is -0.954. The Bertz CT molecular complexity index is 564. The summed E-state index contributed by atoms with van der Waals surface area (Å²) < 4.78 is 23.0. The third-order valence-corrected chi connectivity index (χ3v) is 6.02. The molecule has 1 fully saturated rings. The molecule has 0 bridgehead atoms. The Morgan fingerprint density at radius 1 is 1.58 bits per heavy atom. The van der Waals surface area contributed by atoms with E-state index in [1.807, 2.05) is 30.5 Å². The van der Waals surface area contributed by atoms with E-state index in [2.05, 4.69) is 5.16 Å². The first kappa shape index (κ1) is 13.0. The summed E-state index contributed by atoms with van der Waals surface area (Å²) >= 11 is 1.60. The van der Waals surface area contributed by atoms with Crippen molar-refractivity contribution in [2.24, 2.45) is 0 Å². The van der Waals surface area contributed by atoms with Gasteiger partial charge in [0.05, 0.1) is 27.7 Å². The van der Waals surface area contributed by atoms with Gasteiger partial charge in [-0.05, 0) is 24.8 Å². The lowest BCUT2D eigenvalue weighted by atomic mass is 10.3. The number of hydrogen-bond donors (Lipinski definition) is 0. The highest BCUT2D eigenvalue weighted by molar-refractivity contribution is 7.84. The second kappa shape index (κ2) is 5.56. The van der Waals surface area contributed by atoms with Gasteiger partial charge in [-0.2, -0.15) is 0 Å². The first-order chi connectivity index (χ1) is 9.24. The zero-order chi connectivity index (χ0) is 13.2. The number of ether oxygens (including phenoxy) is 1. The summed E-state index contributed by atoms with van der Waals surface area (Å²) in [5.74, 6) is 1.19. The summed E-state index contributed by atoms with van der Waals surface area (Å²) in [6.07, 6.45) is 0.938. The van der Waals surface area contributed by atoms with Crippen molar-refractivity contribution in [1.29, 1.82) is 0 Å². The van der Waals surface area contributed by atoms with E-state index >= 15 is 0 Å². The van der Waals surface area contributed by atoms with Gasteiger partial charge in [-0.3, -0.25) is 4.21 Å². The molecule has 3 rings (SSSR count). The first-order valence-electron chi connectivity index (χ1n) is 6.22. The largest absolute Gasteiger partial charge is 0.377 e. The average Bonchev–Trinajstić information content (AvgIpc) is 3.07. The normalized spacial score (nSPS) is 24.7. The summed E-state index contributed by atoms with van der Waals surface area (Å²) in [5.41, 5.74) is 0.751. The van der Waals surface area contributed by atoms with Crippen LogP contribution in [-0.4, -0.2) is 27.3 Å². The molecule has 102 valence electrons. The molecule has 4 nitrogen and oxygen atoms in total. The molecule has 1 aliphatic heterocycles. The molecular formula is C13H15NO3S2. The van der Waals surface area contributed by atoms with Gasteiger partial charge < -0.3 is 9.26 Å². The van der Waals surface area contributed by atoms with Crippen LogP contribution in [0.25, 0.3) is 10.6 Å². The molecule has 0 spiro atoms. The third-order valence-electron chi connectivity index (χ3n) is 3.26. The van der Waals surface area contributed by atoms with Crippen molar-refractivity contribution in [3.05, 3.63) is 29.3 Å². The van der Waals surface area contributed by atoms with E-state index in [1.165, 1.54) is 0 Å². The fourth-order valence-corrected chi connectivity index (χ4v) is 4.40. The van der Waals surface area contributed by atoms with Gasteiger partial charge in [0.25, 0.3) is 0 Å². The van der Waals surface area contributed by atoms with Gasteiger partial charge in [0.1, 0.15) is 0 Å². The topological polar surface area (TPSA) is 52.3 Å². The molecule has 0 aromatic carbocycles. The Kier molecular flexibility index (Phi) is 3.81. The highest BCUT2D eigenvalue weighted by Crippen LogP contribution is 2.26. The highest BCUT2D eigenvalue weighted by atomic mass is 32.2. The molecule has 2 aromatic heterocycles. The molecule has 0 N–H and O–H groups in total. The van der Waals surface area contributed by atoms with Crippen molar-refractivity contribution in [1.82, 2.24) is 5.16 Å². The van der Waals surface area contributed by atoms with E-state index < -0.39 is 10.8 Å². The van der Waals surface area contributed by atoms with Gasteiger partial charge in [0, 0.05) is 23.5 Å². The van der Waals surface area contributed by atoms with Crippen molar-refractivity contribution >= 4 is 22.1 Å². The zero-order valence-corrected chi connectivity index (χ0v) is 12.2. The van der Waals surface area contributed by atoms with E-state index in [4.69, 9.17) is 9.26 Å². The maximum Gasteiger partial charge on any atom is 0.177 e. The van der Waals surface area contributed by atoms with Crippen LogP contribution in [0.3, 0.4) is 0 Å². The maximum absolute atomic E-state index is 12.3. The molecule has 3 atom stereocenters. The zero-order valence-electron chi connectivity index (χ0n) is 10.6. The Balaban J connectivity index is 1.69. The maximum atomic E-state index is 12.3. The molecule has 2 aromatic rings. The summed E-state index contributed by atoms with van der Waals surface area (Å²) in [5, 5.41) is 6.11. The van der Waals surface area contributed by atoms with Crippen LogP contribution >= 0.6 is 11.3 Å². The standard InChI is InChI=1S/C13H15NO3S2/c1-9-13(4-5-16-9)19(15)8-10-7-11(17-14-10)12-3-2-6-18-12/h2-3,6-7,9,13H,4-5,8H2,1H3/t9-,13-,19-/m1/s1. The Hall–Kier alpha value is -0.980. The Morgan fingerprint density at radius 3 is 3.16 bits per heavy atom. The van der Waals surface area contributed by atoms with Crippen molar-refractivity contribution in [3.8, 4) is 10.6 Å². The van der Waals surface area contributed by atoms with Gasteiger partial charge in [0.15, 0.2) is 5.76 Å². The van der Waals surface area contributed by atoms with Crippen molar-refractivity contribution in [2.45, 2.75) is 30.5 Å². The molecule has 6 heteroatoms. The van der Waals surface area contributed by atoms with Gasteiger partial charge in [0.2, 0.25) is 0 Å². The molecule has 0 saturated carbocycles. The molecule has 3 heterocycles. The van der Waals surface area contributed by atoms with Gasteiger partial charge >= 0.3 is 0 Å². The van der Waals surface area contributed by atoms with Crippen LogP contribution in [-0.2, 0) is 21.3 Å². The van der Waals surface area contributed by atoms with E-state index in [0.717, 1.165) is 22.8 Å². The molecule has 19 heavy (non-hydrogen) atoms. The molecule has 1 aliphatic rings. The lowest BCUT2D eigenvalue weighted by Crippen LogP contribution is -2.24. The minimum absolute atomic E-state index is 0.0736. The van der Waals surface area contributed by atoms with Crippen molar-refractivity contribution in [3.63, 3.8) is 0 Å². The van der Waals surface area contributed by atoms with Crippen LogP contribution in [0.2, 0.25) is 0 Å². The van der Waals surface area contributed by atoms with Crippen molar-refractivity contribution in [2.75, 3.05) is 6.61 Å². The van der Waals surface area contributed by atoms with E-state index in [1.54, 1.807) is 11.3 Å². The molecule has 0 radical (unpaired) electrons. The van der Waals surface area contributed by atoms with Gasteiger partial charge in [-0.15, -0.1) is 11.3 Å². The van der Waals surface area contributed by atoms with Crippen LogP contribution in [0.15, 0.2) is 28.1 Å². The predicted molar refractivity (Wildman–Crippen MR) is 75.5 cm³/mol.